The van der Waals surface area contributed by atoms with Crippen LogP contribution in [-0.2, 0) is 0 Å². The fourth-order valence-electron chi connectivity index (χ4n) is 3.00. The number of rotatable bonds is 4. The third kappa shape index (κ3) is 2.83. The molecule has 1 aliphatic carbocycles. The number of hydrogen-bond donors (Lipinski definition) is 0. The van der Waals surface area contributed by atoms with Gasteiger partial charge in [0.05, 0.1) is 0 Å². The number of terminal acetylenes is 1. The molecular weight excluding hydrogens is 204 g/mol. The maximum atomic E-state index is 5.75. The van der Waals surface area contributed by atoms with Gasteiger partial charge >= 0.3 is 0 Å². The fourth-order valence-corrected chi connectivity index (χ4v) is 3.00. The molecule has 0 saturated heterocycles. The summed E-state index contributed by atoms with van der Waals surface area (Å²) in [6, 6.07) is 0. The Bertz CT molecular complexity index is 369. The average Bonchev–Trinajstić information content (AvgIpc) is 2.71. The second-order valence-corrected chi connectivity index (χ2v) is 6.12. The van der Waals surface area contributed by atoms with E-state index in [1.807, 2.05) is 0 Å². The predicted molar refractivity (Wildman–Crippen MR) is 76.6 cm³/mol. The van der Waals surface area contributed by atoms with E-state index in [4.69, 9.17) is 6.42 Å². The molecule has 94 valence electrons. The lowest BCUT2D eigenvalue weighted by Gasteiger charge is -2.13. The molecule has 1 saturated carbocycles. The van der Waals surface area contributed by atoms with Gasteiger partial charge in [-0.25, -0.2) is 0 Å². The molecule has 0 aromatic heterocycles. The van der Waals surface area contributed by atoms with Crippen LogP contribution in [0, 0.1) is 35.5 Å². The topological polar surface area (TPSA) is 0 Å². The smallest absolute Gasteiger partial charge is 0.0446 e. The largest absolute Gasteiger partial charge is 0.119 e. The van der Waals surface area contributed by atoms with Crippen LogP contribution in [-0.4, -0.2) is 0 Å². The van der Waals surface area contributed by atoms with E-state index in [0.717, 1.165) is 6.42 Å². The van der Waals surface area contributed by atoms with Crippen LogP contribution in [0.15, 0.2) is 23.3 Å². The molecule has 0 heteroatoms. The van der Waals surface area contributed by atoms with Crippen LogP contribution in [0.25, 0.3) is 0 Å². The second-order valence-electron chi connectivity index (χ2n) is 6.12. The molecule has 1 aliphatic rings. The molecule has 1 fully saturated rings. The van der Waals surface area contributed by atoms with Crippen LogP contribution >= 0.6 is 0 Å². The van der Waals surface area contributed by atoms with Crippen molar-refractivity contribution in [2.45, 2.75) is 48.0 Å². The van der Waals surface area contributed by atoms with E-state index in [2.05, 4.69) is 59.6 Å². The normalized spacial score (nSPS) is 28.2. The van der Waals surface area contributed by atoms with Crippen molar-refractivity contribution >= 4 is 0 Å². The Morgan fingerprint density at radius 3 is 2.35 bits per heavy atom. The molecule has 17 heavy (non-hydrogen) atoms. The SMILES string of the molecule is C#CC(C(C)=CCC)C1C(C=C(C)C)C1(C)C. The van der Waals surface area contributed by atoms with Crippen LogP contribution < -0.4 is 0 Å². The Morgan fingerprint density at radius 1 is 1.35 bits per heavy atom. The molecule has 0 aromatic carbocycles. The maximum Gasteiger partial charge on any atom is 0.0446 e. The van der Waals surface area contributed by atoms with Crippen LogP contribution in [0.2, 0.25) is 0 Å². The van der Waals surface area contributed by atoms with Gasteiger partial charge in [0.15, 0.2) is 0 Å². The van der Waals surface area contributed by atoms with Crippen molar-refractivity contribution in [3.8, 4) is 12.3 Å². The van der Waals surface area contributed by atoms with Gasteiger partial charge in [0.1, 0.15) is 0 Å². The van der Waals surface area contributed by atoms with Crippen LogP contribution in [0.3, 0.4) is 0 Å². The summed E-state index contributed by atoms with van der Waals surface area (Å²) < 4.78 is 0. The average molecular weight is 230 g/mol. The number of hydrogen-bond acceptors (Lipinski definition) is 0. The fraction of sp³-hybridized carbons (Fsp3) is 0.647. The van der Waals surface area contributed by atoms with Gasteiger partial charge in [-0.15, -0.1) is 6.42 Å². The Kier molecular flexibility index (Phi) is 4.26. The van der Waals surface area contributed by atoms with Gasteiger partial charge in [-0.3, -0.25) is 0 Å². The minimum Gasteiger partial charge on any atom is -0.119 e. The Hall–Kier alpha value is -0.960. The lowest BCUT2D eigenvalue weighted by molar-refractivity contribution is 0.505. The van der Waals surface area contributed by atoms with Crippen molar-refractivity contribution < 1.29 is 0 Å². The lowest BCUT2D eigenvalue weighted by Crippen LogP contribution is -2.06. The summed E-state index contributed by atoms with van der Waals surface area (Å²) in [6.45, 7) is 13.4. The van der Waals surface area contributed by atoms with Crippen LogP contribution in [0.5, 0.6) is 0 Å². The van der Waals surface area contributed by atoms with Gasteiger partial charge in [-0.1, -0.05) is 50.0 Å². The molecule has 0 aliphatic heterocycles. The quantitative estimate of drug-likeness (QED) is 0.479. The molecule has 0 bridgehead atoms. The minimum absolute atomic E-state index is 0.311. The highest BCUT2D eigenvalue weighted by molar-refractivity contribution is 5.28. The van der Waals surface area contributed by atoms with Crippen molar-refractivity contribution in [3.05, 3.63) is 23.3 Å². The molecule has 1 rings (SSSR count). The van der Waals surface area contributed by atoms with Crippen molar-refractivity contribution in [1.82, 2.24) is 0 Å². The highest BCUT2D eigenvalue weighted by Crippen LogP contribution is 2.63. The summed E-state index contributed by atoms with van der Waals surface area (Å²) in [7, 11) is 0. The molecule has 3 unspecified atom stereocenters. The summed E-state index contributed by atoms with van der Waals surface area (Å²) in [4.78, 5) is 0. The molecule has 0 spiro atoms. The van der Waals surface area contributed by atoms with Crippen LogP contribution in [0.4, 0.5) is 0 Å². The zero-order valence-electron chi connectivity index (χ0n) is 12.2. The molecule has 0 nitrogen and oxygen atoms in total. The molecule has 3 atom stereocenters. The van der Waals surface area contributed by atoms with Crippen molar-refractivity contribution in [2.75, 3.05) is 0 Å². The lowest BCUT2D eigenvalue weighted by atomic mass is 9.91. The third-order valence-corrected chi connectivity index (χ3v) is 4.06. The van der Waals surface area contributed by atoms with E-state index in [0.29, 0.717) is 23.2 Å². The first-order valence-corrected chi connectivity index (χ1v) is 6.64. The van der Waals surface area contributed by atoms with Crippen LogP contribution in [0.1, 0.15) is 48.0 Å². The first kappa shape index (κ1) is 14.1. The van der Waals surface area contributed by atoms with Gasteiger partial charge < -0.3 is 0 Å². The van der Waals surface area contributed by atoms with E-state index in [9.17, 15) is 0 Å². The highest BCUT2D eigenvalue weighted by atomic mass is 14.6. The molecule has 0 N–H and O–H groups in total. The zero-order valence-corrected chi connectivity index (χ0v) is 12.2. The monoisotopic (exact) mass is 230 g/mol. The molecular formula is C17H26. The van der Waals surface area contributed by atoms with E-state index in [1.54, 1.807) is 0 Å². The van der Waals surface area contributed by atoms with Crippen molar-refractivity contribution in [2.24, 2.45) is 23.2 Å². The Labute approximate surface area is 107 Å². The standard InChI is InChI=1S/C17H26/c1-8-10-13(5)14(9-2)16-15(11-12(3)4)17(16,6)7/h2,10-11,14-16H,8H2,1,3-7H3. The maximum absolute atomic E-state index is 5.75. The molecule has 0 radical (unpaired) electrons. The van der Waals surface area contributed by atoms with E-state index in [-0.39, 0.29) is 0 Å². The van der Waals surface area contributed by atoms with Gasteiger partial charge in [0, 0.05) is 5.92 Å². The first-order valence-electron chi connectivity index (χ1n) is 6.64. The Morgan fingerprint density at radius 2 is 1.94 bits per heavy atom. The van der Waals surface area contributed by atoms with Gasteiger partial charge in [0.2, 0.25) is 0 Å². The second kappa shape index (κ2) is 5.13. The zero-order chi connectivity index (χ0) is 13.2. The van der Waals surface area contributed by atoms with Gasteiger partial charge in [0.25, 0.3) is 0 Å². The predicted octanol–water partition coefficient (Wildman–Crippen LogP) is 4.83. The first-order chi connectivity index (χ1) is 7.86. The van der Waals surface area contributed by atoms with E-state index < -0.39 is 0 Å². The highest BCUT2D eigenvalue weighted by Gasteiger charge is 2.59. The molecule has 0 amide bonds. The summed E-state index contributed by atoms with van der Waals surface area (Å²) in [5.74, 6) is 4.58. The summed E-state index contributed by atoms with van der Waals surface area (Å²) in [5, 5.41) is 0. The molecule has 0 heterocycles. The summed E-state index contributed by atoms with van der Waals surface area (Å²) >= 11 is 0. The van der Waals surface area contributed by atoms with E-state index in [1.165, 1.54) is 11.1 Å². The third-order valence-electron chi connectivity index (χ3n) is 4.06. The van der Waals surface area contributed by atoms with Gasteiger partial charge in [-0.2, -0.15) is 0 Å². The minimum atomic E-state index is 0.311. The Balaban J connectivity index is 2.91. The number of allylic oxidation sites excluding steroid dienone is 4. The van der Waals surface area contributed by atoms with Crippen molar-refractivity contribution in [1.29, 1.82) is 0 Å². The van der Waals surface area contributed by atoms with Crippen molar-refractivity contribution in [3.63, 3.8) is 0 Å². The molecule has 0 aromatic rings. The van der Waals surface area contributed by atoms with E-state index >= 15 is 0 Å². The summed E-state index contributed by atoms with van der Waals surface area (Å²) in [6.07, 6.45) is 11.5. The van der Waals surface area contributed by atoms with Gasteiger partial charge in [-0.05, 0) is 44.4 Å². The summed E-state index contributed by atoms with van der Waals surface area (Å²) in [5.41, 5.74) is 3.13.